The lowest BCUT2D eigenvalue weighted by atomic mass is 9.76. The Morgan fingerprint density at radius 1 is 1.28 bits per heavy atom. The molecule has 1 aromatic carbocycles. The number of benzene rings is 1. The Morgan fingerprint density at radius 3 is 2.78 bits per heavy atom. The lowest BCUT2D eigenvalue weighted by Crippen LogP contribution is -2.49. The molecule has 2 aliphatic heterocycles. The molecule has 0 unspecified atom stereocenters. The molecule has 1 saturated heterocycles. The van der Waals surface area contributed by atoms with Crippen molar-refractivity contribution in [3.63, 3.8) is 0 Å². The predicted octanol–water partition coefficient (Wildman–Crippen LogP) is 4.20. The van der Waals surface area contributed by atoms with Gasteiger partial charge in [0.2, 0.25) is 0 Å². The summed E-state index contributed by atoms with van der Waals surface area (Å²) in [7, 11) is 0. The second-order valence-electron chi connectivity index (χ2n) is 9.51. The summed E-state index contributed by atoms with van der Waals surface area (Å²) in [5.74, 6) is -0.433. The van der Waals surface area contributed by atoms with Crippen molar-refractivity contribution >= 4 is 34.6 Å². The molecule has 2 N–H and O–H groups in total. The molecule has 9 nitrogen and oxygen atoms in total. The van der Waals surface area contributed by atoms with Gasteiger partial charge >= 0.3 is 6.09 Å². The molecule has 2 aliphatic rings. The average Bonchev–Trinajstić information content (AvgIpc) is 2.83. The Kier molecular flexibility index (Phi) is 7.28. The van der Waals surface area contributed by atoms with Crippen LogP contribution in [-0.4, -0.2) is 46.7 Å². The van der Waals surface area contributed by atoms with Gasteiger partial charge in [-0.2, -0.15) is 5.26 Å². The lowest BCUT2D eigenvalue weighted by Gasteiger charge is -2.44. The fraction of sp³-hybridized carbons (Fsp3) is 0.400. The minimum atomic E-state index is -1.08. The zero-order chi connectivity index (χ0) is 25.9. The van der Waals surface area contributed by atoms with Gasteiger partial charge in [0.05, 0.1) is 12.2 Å². The van der Waals surface area contributed by atoms with Crippen LogP contribution in [0.15, 0.2) is 41.5 Å². The standard InChI is InChI=1S/C25H26FN5O4S/c1-24(2,3)35-23(33)30-22-31-25(14-34-9-8-16(25)13-36-22)18-10-17(5-6-19(18)26)29-21(32)20-7-4-15(11-27)12-28-20/h4-7,10,12,16H,8-9,13-14H2,1-3H3,(H,29,32)(H,30,31,33)/t16-,25-/m0/s1. The Morgan fingerprint density at radius 2 is 2.08 bits per heavy atom. The smallest absolute Gasteiger partial charge is 0.413 e. The number of alkyl carbamates (subject to hydrolysis) is 1. The van der Waals surface area contributed by atoms with E-state index in [9.17, 15) is 9.59 Å². The molecule has 11 heteroatoms. The number of hydrogen-bond acceptors (Lipinski definition) is 8. The SMILES string of the molecule is CC(C)(C)OC(=O)NC1=N[C@@]2(c3cc(NC(=O)c4ccc(C#N)cn4)ccc3F)COCC[C@H]2CS1. The molecule has 2 atom stereocenters. The van der Waals surface area contributed by atoms with E-state index in [0.717, 1.165) is 0 Å². The van der Waals surface area contributed by atoms with E-state index in [1.807, 2.05) is 6.07 Å². The lowest BCUT2D eigenvalue weighted by molar-refractivity contribution is 0.00280. The van der Waals surface area contributed by atoms with Crippen LogP contribution in [0.25, 0.3) is 0 Å². The van der Waals surface area contributed by atoms with Crippen LogP contribution in [-0.2, 0) is 15.0 Å². The molecule has 3 heterocycles. The van der Waals surface area contributed by atoms with Crippen LogP contribution < -0.4 is 10.6 Å². The molecule has 1 aromatic heterocycles. The first-order valence-electron chi connectivity index (χ1n) is 11.4. The van der Waals surface area contributed by atoms with Gasteiger partial charge in [0.1, 0.15) is 28.7 Å². The van der Waals surface area contributed by atoms with Crippen molar-refractivity contribution < 1.29 is 23.5 Å². The Hall–Kier alpha value is -3.49. The van der Waals surface area contributed by atoms with Gasteiger partial charge in [0.25, 0.3) is 5.91 Å². The van der Waals surface area contributed by atoms with Gasteiger partial charge in [-0.1, -0.05) is 11.8 Å². The molecule has 2 aromatic rings. The number of anilines is 1. The number of nitriles is 1. The van der Waals surface area contributed by atoms with Crippen LogP contribution in [0.5, 0.6) is 0 Å². The van der Waals surface area contributed by atoms with Crippen LogP contribution >= 0.6 is 11.8 Å². The Balaban J connectivity index is 1.64. The molecule has 0 radical (unpaired) electrons. The highest BCUT2D eigenvalue weighted by Gasteiger charge is 2.48. The van der Waals surface area contributed by atoms with Crippen molar-refractivity contribution in [1.82, 2.24) is 10.3 Å². The Labute approximate surface area is 212 Å². The van der Waals surface area contributed by atoms with Crippen LogP contribution in [0.4, 0.5) is 14.9 Å². The van der Waals surface area contributed by atoms with Crippen molar-refractivity contribution in [2.75, 3.05) is 24.3 Å². The molecular weight excluding hydrogens is 485 g/mol. The van der Waals surface area contributed by atoms with E-state index in [1.165, 1.54) is 42.2 Å². The predicted molar refractivity (Wildman–Crippen MR) is 133 cm³/mol. The number of amides is 2. The minimum Gasteiger partial charge on any atom is -0.444 e. The van der Waals surface area contributed by atoms with Gasteiger partial charge in [-0.3, -0.25) is 10.1 Å². The van der Waals surface area contributed by atoms with Gasteiger partial charge in [-0.15, -0.1) is 0 Å². The molecule has 188 valence electrons. The highest BCUT2D eigenvalue weighted by molar-refractivity contribution is 8.13. The monoisotopic (exact) mass is 511 g/mol. The number of pyridine rings is 1. The van der Waals surface area contributed by atoms with Gasteiger partial charge in [-0.25, -0.2) is 19.2 Å². The highest BCUT2D eigenvalue weighted by Crippen LogP contribution is 2.46. The molecular formula is C25H26FN5O4S. The minimum absolute atomic E-state index is 0.0407. The largest absolute Gasteiger partial charge is 0.444 e. The first-order valence-corrected chi connectivity index (χ1v) is 12.4. The van der Waals surface area contributed by atoms with Gasteiger partial charge in [0.15, 0.2) is 5.17 Å². The molecule has 0 saturated carbocycles. The fourth-order valence-electron chi connectivity index (χ4n) is 4.08. The van der Waals surface area contributed by atoms with Crippen LogP contribution in [0.2, 0.25) is 0 Å². The summed E-state index contributed by atoms with van der Waals surface area (Å²) in [4.78, 5) is 33.8. The molecule has 2 amide bonds. The Bertz CT molecular complexity index is 1240. The van der Waals surface area contributed by atoms with Gasteiger partial charge in [0, 0.05) is 35.7 Å². The first kappa shape index (κ1) is 25.6. The number of halogens is 1. The molecule has 0 spiro atoms. The van der Waals surface area contributed by atoms with Crippen LogP contribution in [0.1, 0.15) is 48.8 Å². The summed E-state index contributed by atoms with van der Waals surface area (Å²) < 4.78 is 26.4. The molecule has 0 aliphatic carbocycles. The number of ether oxygens (including phenoxy) is 2. The van der Waals surface area contributed by atoms with E-state index < -0.39 is 29.0 Å². The topological polar surface area (TPSA) is 126 Å². The maximum Gasteiger partial charge on any atom is 0.413 e. The number of aromatic nitrogens is 1. The average molecular weight is 512 g/mol. The number of thioether (sulfide) groups is 1. The number of carbonyl (C=O) groups is 2. The van der Waals surface area contributed by atoms with Gasteiger partial charge in [-0.05, 0) is 57.5 Å². The fourth-order valence-corrected chi connectivity index (χ4v) is 5.27. The number of aliphatic imine (C=N–C) groups is 1. The molecule has 0 bridgehead atoms. The third-order valence-corrected chi connectivity index (χ3v) is 6.79. The third-order valence-electron chi connectivity index (χ3n) is 5.75. The number of amidine groups is 1. The second-order valence-corrected chi connectivity index (χ2v) is 10.5. The molecule has 1 fully saturated rings. The summed E-state index contributed by atoms with van der Waals surface area (Å²) in [5, 5.41) is 14.6. The van der Waals surface area contributed by atoms with E-state index in [0.29, 0.717) is 35.2 Å². The maximum absolute atomic E-state index is 15.3. The van der Waals surface area contributed by atoms with Crippen molar-refractivity contribution in [1.29, 1.82) is 5.26 Å². The summed E-state index contributed by atoms with van der Waals surface area (Å²) in [5.41, 5.74) is -0.681. The summed E-state index contributed by atoms with van der Waals surface area (Å²) >= 11 is 1.38. The molecule has 4 rings (SSSR count). The zero-order valence-electron chi connectivity index (χ0n) is 20.1. The van der Waals surface area contributed by atoms with E-state index in [2.05, 4.69) is 15.6 Å². The van der Waals surface area contributed by atoms with Crippen molar-refractivity contribution in [3.8, 4) is 6.07 Å². The van der Waals surface area contributed by atoms with E-state index in [1.54, 1.807) is 26.8 Å². The van der Waals surface area contributed by atoms with Crippen molar-refractivity contribution in [2.45, 2.75) is 38.3 Å². The maximum atomic E-state index is 15.3. The van der Waals surface area contributed by atoms with Crippen LogP contribution in [0, 0.1) is 23.1 Å². The summed E-state index contributed by atoms with van der Waals surface area (Å²) in [6.45, 7) is 5.94. The number of nitrogens with zero attached hydrogens (tertiary/aromatic N) is 3. The first-order chi connectivity index (χ1) is 17.1. The van der Waals surface area contributed by atoms with Gasteiger partial charge < -0.3 is 14.8 Å². The molecule has 36 heavy (non-hydrogen) atoms. The number of rotatable bonds is 3. The highest BCUT2D eigenvalue weighted by atomic mass is 32.2. The van der Waals surface area contributed by atoms with E-state index in [4.69, 9.17) is 19.7 Å². The normalized spacial score (nSPS) is 21.4. The second kappa shape index (κ2) is 10.2. The van der Waals surface area contributed by atoms with Crippen molar-refractivity contribution in [2.24, 2.45) is 10.9 Å². The number of fused-ring (bicyclic) bond motifs is 1. The van der Waals surface area contributed by atoms with Crippen molar-refractivity contribution in [3.05, 3.63) is 59.2 Å². The summed E-state index contributed by atoms with van der Waals surface area (Å²) in [6, 6.07) is 9.16. The number of carbonyl (C=O) groups excluding carboxylic acids is 2. The number of hydrogen-bond donors (Lipinski definition) is 2. The number of nitrogens with one attached hydrogen (secondary N) is 2. The zero-order valence-corrected chi connectivity index (χ0v) is 20.9. The van der Waals surface area contributed by atoms with E-state index >= 15 is 4.39 Å². The quantitative estimate of drug-likeness (QED) is 0.632. The third kappa shape index (κ3) is 5.66. The summed E-state index contributed by atoms with van der Waals surface area (Å²) in [6.07, 6.45) is 1.33. The van der Waals surface area contributed by atoms with Crippen LogP contribution in [0.3, 0.4) is 0 Å². The van der Waals surface area contributed by atoms with E-state index in [-0.39, 0.29) is 23.8 Å².